The smallest absolute Gasteiger partial charge is 0.397 e. The van der Waals surface area contributed by atoms with Crippen molar-refractivity contribution in [3.63, 3.8) is 0 Å². The van der Waals surface area contributed by atoms with E-state index in [1.807, 2.05) is 0 Å². The first-order chi connectivity index (χ1) is 9.94. The van der Waals surface area contributed by atoms with Gasteiger partial charge in [-0.3, -0.25) is 4.98 Å². The summed E-state index contributed by atoms with van der Waals surface area (Å²) in [6, 6.07) is 10.3. The zero-order valence-electron chi connectivity index (χ0n) is 10.9. The van der Waals surface area contributed by atoms with Gasteiger partial charge < -0.3 is 10.3 Å². The number of hydrogen-bond donors (Lipinski definition) is 1. The highest BCUT2D eigenvalue weighted by atomic mass is 19.4. The van der Waals surface area contributed by atoms with E-state index in [2.05, 4.69) is 4.98 Å². The molecular weight excluding hydrogens is 279 g/mol. The largest absolute Gasteiger partial charge is 0.406 e. The first-order valence-electron chi connectivity index (χ1n) is 6.30. The van der Waals surface area contributed by atoms with Crippen molar-refractivity contribution in [1.29, 1.82) is 0 Å². The molecule has 0 amide bonds. The van der Waals surface area contributed by atoms with Crippen molar-refractivity contribution < 1.29 is 13.2 Å². The summed E-state index contributed by atoms with van der Waals surface area (Å²) in [4.78, 5) is 3.95. The summed E-state index contributed by atoms with van der Waals surface area (Å²) in [6.45, 7) is -1.05. The lowest BCUT2D eigenvalue weighted by Crippen LogP contribution is -2.18. The maximum absolute atomic E-state index is 12.9. The van der Waals surface area contributed by atoms with Crippen LogP contribution in [0.5, 0.6) is 0 Å². The molecule has 108 valence electrons. The molecule has 0 fully saturated rings. The molecule has 0 spiro atoms. The van der Waals surface area contributed by atoms with Crippen LogP contribution in [-0.4, -0.2) is 15.7 Å². The lowest BCUT2D eigenvalue weighted by atomic mass is 10.2. The number of nitrogens with zero attached hydrogens (tertiary/aromatic N) is 2. The predicted octanol–water partition coefficient (Wildman–Crippen LogP) is 3.85. The van der Waals surface area contributed by atoms with Gasteiger partial charge in [0, 0.05) is 28.9 Å². The number of nitrogen functional groups attached to an aromatic ring is 1. The molecule has 0 bridgehead atoms. The van der Waals surface area contributed by atoms with Gasteiger partial charge in [-0.1, -0.05) is 18.2 Å². The lowest BCUT2D eigenvalue weighted by Gasteiger charge is -2.13. The molecule has 0 aliphatic heterocycles. The molecule has 0 saturated heterocycles. The number of aromatic nitrogens is 2. The van der Waals surface area contributed by atoms with Crippen molar-refractivity contribution in [3.05, 3.63) is 48.8 Å². The Morgan fingerprint density at radius 3 is 2.57 bits per heavy atom. The van der Waals surface area contributed by atoms with E-state index in [-0.39, 0.29) is 0 Å². The van der Waals surface area contributed by atoms with Crippen molar-refractivity contribution in [3.8, 4) is 11.3 Å². The van der Waals surface area contributed by atoms with Crippen molar-refractivity contribution in [1.82, 2.24) is 9.55 Å². The molecule has 0 aliphatic rings. The van der Waals surface area contributed by atoms with Gasteiger partial charge in [-0.05, 0) is 18.2 Å². The molecule has 0 saturated carbocycles. The summed E-state index contributed by atoms with van der Waals surface area (Å²) >= 11 is 0. The normalized spacial score (nSPS) is 12.0. The first-order valence-corrected chi connectivity index (χ1v) is 6.30. The van der Waals surface area contributed by atoms with Gasteiger partial charge in [-0.15, -0.1) is 0 Å². The van der Waals surface area contributed by atoms with E-state index in [1.165, 1.54) is 17.0 Å². The van der Waals surface area contributed by atoms with Crippen molar-refractivity contribution >= 4 is 16.6 Å². The minimum Gasteiger partial charge on any atom is -0.397 e. The summed E-state index contributed by atoms with van der Waals surface area (Å²) in [5, 5.41) is 0.749. The fourth-order valence-electron chi connectivity index (χ4n) is 2.40. The number of rotatable bonds is 2. The molecule has 1 aromatic carbocycles. The third-order valence-corrected chi connectivity index (χ3v) is 3.20. The first kappa shape index (κ1) is 13.5. The van der Waals surface area contributed by atoms with Gasteiger partial charge in [0.25, 0.3) is 0 Å². The highest BCUT2D eigenvalue weighted by molar-refractivity contribution is 5.87. The minimum atomic E-state index is -4.30. The monoisotopic (exact) mass is 291 g/mol. The van der Waals surface area contributed by atoms with E-state index in [1.54, 1.807) is 36.4 Å². The number of hydrogen-bond acceptors (Lipinski definition) is 2. The van der Waals surface area contributed by atoms with Crippen LogP contribution in [0.4, 0.5) is 18.9 Å². The molecule has 2 N–H and O–H groups in total. The third-order valence-electron chi connectivity index (χ3n) is 3.20. The topological polar surface area (TPSA) is 43.8 Å². The molecule has 0 atom stereocenters. The Balaban J connectivity index is 2.24. The van der Waals surface area contributed by atoms with E-state index in [0.29, 0.717) is 22.5 Å². The van der Waals surface area contributed by atoms with Gasteiger partial charge >= 0.3 is 6.18 Å². The van der Waals surface area contributed by atoms with Crippen molar-refractivity contribution in [2.24, 2.45) is 0 Å². The Bertz CT molecular complexity index is 790. The number of benzene rings is 1. The quantitative estimate of drug-likeness (QED) is 0.779. The van der Waals surface area contributed by atoms with Gasteiger partial charge in [-0.25, -0.2) is 0 Å². The second-order valence-corrected chi connectivity index (χ2v) is 4.80. The molecule has 6 heteroatoms. The van der Waals surface area contributed by atoms with Gasteiger partial charge in [0.15, 0.2) is 0 Å². The molecule has 2 aromatic heterocycles. The van der Waals surface area contributed by atoms with E-state index in [9.17, 15) is 13.2 Å². The van der Waals surface area contributed by atoms with Gasteiger partial charge in [0.2, 0.25) is 0 Å². The average molecular weight is 291 g/mol. The second kappa shape index (κ2) is 4.80. The lowest BCUT2D eigenvalue weighted by molar-refractivity contribution is -0.139. The molecule has 3 rings (SSSR count). The fourth-order valence-corrected chi connectivity index (χ4v) is 2.40. The highest BCUT2D eigenvalue weighted by Gasteiger charge is 2.30. The van der Waals surface area contributed by atoms with Crippen LogP contribution < -0.4 is 5.73 Å². The third kappa shape index (κ3) is 2.69. The molecule has 0 unspecified atom stereocenters. The fraction of sp³-hybridized carbons (Fsp3) is 0.133. The molecule has 2 heterocycles. The highest BCUT2D eigenvalue weighted by Crippen LogP contribution is 2.31. The van der Waals surface area contributed by atoms with E-state index >= 15 is 0 Å². The summed E-state index contributed by atoms with van der Waals surface area (Å²) in [5.74, 6) is 0. The summed E-state index contributed by atoms with van der Waals surface area (Å²) < 4.78 is 39.8. The zero-order chi connectivity index (χ0) is 15.0. The van der Waals surface area contributed by atoms with E-state index in [0.717, 1.165) is 5.39 Å². The Morgan fingerprint density at radius 1 is 1.10 bits per heavy atom. The van der Waals surface area contributed by atoms with Crippen LogP contribution >= 0.6 is 0 Å². The van der Waals surface area contributed by atoms with Gasteiger partial charge in [0.05, 0.1) is 11.4 Å². The molecule has 3 aromatic rings. The summed E-state index contributed by atoms with van der Waals surface area (Å²) in [7, 11) is 0. The SMILES string of the molecule is Nc1cncc(-c2cc3ccccc3n2CC(F)(F)F)c1. The number of nitrogens with two attached hydrogens (primary N) is 1. The molecule has 21 heavy (non-hydrogen) atoms. The standard InChI is InChI=1S/C15H12F3N3/c16-15(17,18)9-21-13-4-2-1-3-10(13)6-14(21)11-5-12(19)8-20-7-11/h1-8H,9,19H2. The Hall–Kier alpha value is -2.50. The predicted molar refractivity (Wildman–Crippen MR) is 75.6 cm³/mol. The Morgan fingerprint density at radius 2 is 1.86 bits per heavy atom. The van der Waals surface area contributed by atoms with Gasteiger partial charge in [0.1, 0.15) is 6.54 Å². The van der Waals surface area contributed by atoms with Crippen LogP contribution in [0, 0.1) is 0 Å². The van der Waals surface area contributed by atoms with Crippen LogP contribution in [0.1, 0.15) is 0 Å². The Labute approximate surface area is 118 Å². The molecule has 3 nitrogen and oxygen atoms in total. The molecule has 0 aliphatic carbocycles. The number of anilines is 1. The number of pyridine rings is 1. The summed E-state index contributed by atoms with van der Waals surface area (Å²) in [6.07, 6.45) is -1.33. The second-order valence-electron chi connectivity index (χ2n) is 4.80. The van der Waals surface area contributed by atoms with Crippen LogP contribution in [-0.2, 0) is 6.54 Å². The van der Waals surface area contributed by atoms with Crippen molar-refractivity contribution in [2.75, 3.05) is 5.73 Å². The number of para-hydroxylation sites is 1. The average Bonchev–Trinajstić information content (AvgIpc) is 2.76. The van der Waals surface area contributed by atoms with Crippen LogP contribution in [0.15, 0.2) is 48.8 Å². The maximum atomic E-state index is 12.9. The number of fused-ring (bicyclic) bond motifs is 1. The van der Waals surface area contributed by atoms with Crippen LogP contribution in [0.2, 0.25) is 0 Å². The number of halogens is 3. The summed E-state index contributed by atoms with van der Waals surface area (Å²) in [5.41, 5.74) is 7.64. The van der Waals surface area contributed by atoms with E-state index in [4.69, 9.17) is 5.73 Å². The Kier molecular flexibility index (Phi) is 3.08. The number of alkyl halides is 3. The maximum Gasteiger partial charge on any atom is 0.406 e. The molecular formula is C15H12F3N3. The van der Waals surface area contributed by atoms with Gasteiger partial charge in [-0.2, -0.15) is 13.2 Å². The van der Waals surface area contributed by atoms with Crippen molar-refractivity contribution in [2.45, 2.75) is 12.7 Å². The molecule has 0 radical (unpaired) electrons. The van der Waals surface area contributed by atoms with Crippen LogP contribution in [0.25, 0.3) is 22.2 Å². The zero-order valence-corrected chi connectivity index (χ0v) is 10.9. The van der Waals surface area contributed by atoms with E-state index < -0.39 is 12.7 Å². The van der Waals surface area contributed by atoms with Crippen LogP contribution in [0.3, 0.4) is 0 Å². The minimum absolute atomic E-state index is 0.413.